The number of anilines is 1. The fraction of sp³-hybridized carbons (Fsp3) is 0.632. The number of hydrogen-bond acceptors (Lipinski definition) is 6. The minimum atomic E-state index is -3.64. The molecule has 0 radical (unpaired) electrons. The number of nitrogens with zero attached hydrogens (tertiary/aromatic N) is 2. The number of nitrogens with one attached hydrogen (secondary N) is 1. The lowest BCUT2D eigenvalue weighted by Gasteiger charge is -2.35. The molecule has 0 spiro atoms. The normalized spacial score (nSPS) is 25.2. The molecule has 0 aliphatic carbocycles. The predicted octanol–water partition coefficient (Wildman–Crippen LogP) is 0.883. The first-order valence-corrected chi connectivity index (χ1v) is 11.1. The Kier molecular flexibility index (Phi) is 6.72. The van der Waals surface area contributed by atoms with E-state index in [2.05, 4.69) is 10.2 Å². The van der Waals surface area contributed by atoms with Gasteiger partial charge >= 0.3 is 0 Å². The molecule has 8 nitrogen and oxygen atoms in total. The fourth-order valence-electron chi connectivity index (χ4n) is 3.79. The molecule has 3 rings (SSSR count). The highest BCUT2D eigenvalue weighted by molar-refractivity contribution is 7.89. The van der Waals surface area contributed by atoms with E-state index in [0.717, 1.165) is 13.1 Å². The predicted molar refractivity (Wildman–Crippen MR) is 106 cm³/mol. The van der Waals surface area contributed by atoms with Gasteiger partial charge in [-0.3, -0.25) is 9.69 Å². The average molecular weight is 412 g/mol. The third-order valence-electron chi connectivity index (χ3n) is 5.31. The highest BCUT2D eigenvalue weighted by atomic mass is 32.2. The molecule has 2 aliphatic heterocycles. The van der Waals surface area contributed by atoms with Crippen molar-refractivity contribution >= 4 is 21.6 Å². The monoisotopic (exact) mass is 411 g/mol. The van der Waals surface area contributed by atoms with E-state index in [4.69, 9.17) is 4.74 Å². The van der Waals surface area contributed by atoms with E-state index in [1.807, 2.05) is 0 Å². The first-order chi connectivity index (χ1) is 13.3. The standard InChI is InChI=1S/C19H29N3O5S/c1-16(23)20-17-3-5-18(6-4-17)28(25,26)22-9-2-7-19(24,8-10-22)15-21-11-13-27-14-12-21/h3-6,24H,2,7-15H2,1H3,(H,20,23). The maximum absolute atomic E-state index is 13.0. The molecule has 2 saturated heterocycles. The van der Waals surface area contributed by atoms with Crippen LogP contribution in [0.1, 0.15) is 26.2 Å². The Bertz CT molecular complexity index is 777. The van der Waals surface area contributed by atoms with Crippen molar-refractivity contribution in [1.29, 1.82) is 0 Å². The second-order valence-electron chi connectivity index (χ2n) is 7.58. The number of β-amino-alcohol motifs (C(OH)–C–C–N with tert-alkyl or cyclic N) is 1. The van der Waals surface area contributed by atoms with Crippen molar-refractivity contribution in [3.05, 3.63) is 24.3 Å². The van der Waals surface area contributed by atoms with Gasteiger partial charge in [-0.05, 0) is 43.5 Å². The Hall–Kier alpha value is -1.52. The smallest absolute Gasteiger partial charge is 0.243 e. The molecule has 2 fully saturated rings. The van der Waals surface area contributed by atoms with E-state index in [9.17, 15) is 18.3 Å². The minimum absolute atomic E-state index is 0.195. The maximum atomic E-state index is 13.0. The lowest BCUT2D eigenvalue weighted by atomic mass is 9.94. The van der Waals surface area contributed by atoms with Crippen LogP contribution in [-0.4, -0.2) is 80.2 Å². The van der Waals surface area contributed by atoms with Crippen molar-refractivity contribution in [1.82, 2.24) is 9.21 Å². The first kappa shape index (κ1) is 21.2. The highest BCUT2D eigenvalue weighted by Crippen LogP contribution is 2.27. The Morgan fingerprint density at radius 1 is 1.14 bits per heavy atom. The van der Waals surface area contributed by atoms with Gasteiger partial charge in [0.15, 0.2) is 0 Å². The van der Waals surface area contributed by atoms with Crippen molar-refractivity contribution in [2.75, 3.05) is 51.3 Å². The molecule has 2 aliphatic rings. The van der Waals surface area contributed by atoms with Crippen LogP contribution < -0.4 is 5.32 Å². The van der Waals surface area contributed by atoms with E-state index in [0.29, 0.717) is 51.3 Å². The third-order valence-corrected chi connectivity index (χ3v) is 7.22. The minimum Gasteiger partial charge on any atom is -0.389 e. The van der Waals surface area contributed by atoms with Crippen LogP contribution in [0.25, 0.3) is 0 Å². The zero-order chi connectivity index (χ0) is 20.2. The van der Waals surface area contributed by atoms with Gasteiger partial charge in [-0.25, -0.2) is 8.42 Å². The summed E-state index contributed by atoms with van der Waals surface area (Å²) in [7, 11) is -3.64. The molecule has 1 amide bonds. The van der Waals surface area contributed by atoms with Crippen molar-refractivity contribution in [3.63, 3.8) is 0 Å². The van der Waals surface area contributed by atoms with Crippen molar-refractivity contribution < 1.29 is 23.1 Å². The van der Waals surface area contributed by atoms with Crippen LogP contribution in [0, 0.1) is 0 Å². The number of ether oxygens (including phenoxy) is 1. The quantitative estimate of drug-likeness (QED) is 0.746. The number of sulfonamides is 1. The van der Waals surface area contributed by atoms with Gasteiger partial charge in [0, 0.05) is 45.3 Å². The molecule has 1 unspecified atom stereocenters. The van der Waals surface area contributed by atoms with Gasteiger partial charge in [0.2, 0.25) is 15.9 Å². The zero-order valence-corrected chi connectivity index (χ0v) is 17.1. The van der Waals surface area contributed by atoms with Crippen molar-refractivity contribution in [2.24, 2.45) is 0 Å². The molecule has 0 aromatic heterocycles. The van der Waals surface area contributed by atoms with Crippen LogP contribution in [0.4, 0.5) is 5.69 Å². The second-order valence-corrected chi connectivity index (χ2v) is 9.51. The zero-order valence-electron chi connectivity index (χ0n) is 16.3. The Labute approximate surface area is 166 Å². The summed E-state index contributed by atoms with van der Waals surface area (Å²) in [6, 6.07) is 6.18. The summed E-state index contributed by atoms with van der Waals surface area (Å²) in [5.41, 5.74) is -0.321. The number of carbonyl (C=O) groups is 1. The van der Waals surface area contributed by atoms with E-state index in [1.165, 1.54) is 23.4 Å². The summed E-state index contributed by atoms with van der Waals surface area (Å²) in [4.78, 5) is 13.5. The van der Waals surface area contributed by atoms with Crippen molar-refractivity contribution in [3.8, 4) is 0 Å². The Balaban J connectivity index is 1.65. The van der Waals surface area contributed by atoms with Gasteiger partial charge in [0.05, 0.1) is 23.7 Å². The van der Waals surface area contributed by atoms with E-state index in [-0.39, 0.29) is 17.3 Å². The largest absolute Gasteiger partial charge is 0.389 e. The lowest BCUT2D eigenvalue weighted by Crippen LogP contribution is -2.48. The Morgan fingerprint density at radius 2 is 1.82 bits per heavy atom. The van der Waals surface area contributed by atoms with E-state index >= 15 is 0 Å². The van der Waals surface area contributed by atoms with Gasteiger partial charge in [-0.2, -0.15) is 4.31 Å². The summed E-state index contributed by atoms with van der Waals surface area (Å²) in [6.07, 6.45) is 1.61. The lowest BCUT2D eigenvalue weighted by molar-refractivity contribution is -0.114. The SMILES string of the molecule is CC(=O)Nc1ccc(S(=O)(=O)N2CCCC(O)(CN3CCOCC3)CC2)cc1. The molecule has 2 heterocycles. The van der Waals surface area contributed by atoms with Crippen LogP contribution in [0.15, 0.2) is 29.2 Å². The fourth-order valence-corrected chi connectivity index (χ4v) is 5.27. The summed E-state index contributed by atoms with van der Waals surface area (Å²) in [5.74, 6) is -0.206. The number of carbonyl (C=O) groups excluding carboxylic acids is 1. The van der Waals surface area contributed by atoms with Crippen LogP contribution in [0.3, 0.4) is 0 Å². The molecule has 9 heteroatoms. The van der Waals surface area contributed by atoms with Gasteiger partial charge in [0.25, 0.3) is 0 Å². The number of benzene rings is 1. The number of rotatable bonds is 5. The summed E-state index contributed by atoms with van der Waals surface area (Å²) in [6.45, 7) is 5.57. The van der Waals surface area contributed by atoms with E-state index < -0.39 is 15.6 Å². The third kappa shape index (κ3) is 5.30. The topological polar surface area (TPSA) is 99.2 Å². The summed E-state index contributed by atoms with van der Waals surface area (Å²) in [5, 5.41) is 13.7. The van der Waals surface area contributed by atoms with Crippen molar-refractivity contribution in [2.45, 2.75) is 36.7 Å². The van der Waals surface area contributed by atoms with Gasteiger partial charge in [0.1, 0.15) is 0 Å². The molecule has 0 bridgehead atoms. The highest BCUT2D eigenvalue weighted by Gasteiger charge is 2.36. The molecule has 2 N–H and O–H groups in total. The molecule has 1 aromatic rings. The molecule has 156 valence electrons. The molecule has 28 heavy (non-hydrogen) atoms. The number of amides is 1. The maximum Gasteiger partial charge on any atom is 0.243 e. The molecule has 1 atom stereocenters. The first-order valence-electron chi connectivity index (χ1n) is 9.69. The number of aliphatic hydroxyl groups is 1. The molecular weight excluding hydrogens is 382 g/mol. The van der Waals surface area contributed by atoms with Gasteiger partial charge in [-0.15, -0.1) is 0 Å². The molecular formula is C19H29N3O5S. The Morgan fingerprint density at radius 3 is 2.46 bits per heavy atom. The number of hydrogen-bond donors (Lipinski definition) is 2. The van der Waals surface area contributed by atoms with Gasteiger partial charge in [-0.1, -0.05) is 0 Å². The summed E-state index contributed by atoms with van der Waals surface area (Å²) < 4.78 is 32.8. The van der Waals surface area contributed by atoms with E-state index in [1.54, 1.807) is 12.1 Å². The van der Waals surface area contributed by atoms with Crippen LogP contribution in [0.5, 0.6) is 0 Å². The van der Waals surface area contributed by atoms with Crippen LogP contribution in [-0.2, 0) is 19.6 Å². The molecule has 1 aromatic carbocycles. The second kappa shape index (κ2) is 8.87. The average Bonchev–Trinajstić information content (AvgIpc) is 2.84. The van der Waals surface area contributed by atoms with Crippen LogP contribution in [0.2, 0.25) is 0 Å². The summed E-state index contributed by atoms with van der Waals surface area (Å²) >= 11 is 0. The molecule has 0 saturated carbocycles. The number of morpholine rings is 1. The van der Waals surface area contributed by atoms with Gasteiger partial charge < -0.3 is 15.2 Å². The van der Waals surface area contributed by atoms with Crippen LogP contribution >= 0.6 is 0 Å².